The molecule has 1 rings (SSSR count). The van der Waals surface area contributed by atoms with Gasteiger partial charge in [0.05, 0.1) is 6.54 Å². The molecular formula is C13H24N2O. The van der Waals surface area contributed by atoms with Gasteiger partial charge in [0.15, 0.2) is 0 Å². The van der Waals surface area contributed by atoms with Crippen molar-refractivity contribution in [1.82, 2.24) is 10.6 Å². The second-order valence-electron chi connectivity index (χ2n) is 4.57. The number of rotatable bonds is 7. The summed E-state index contributed by atoms with van der Waals surface area (Å²) >= 11 is 0. The van der Waals surface area contributed by atoms with Crippen LogP contribution in [0.4, 0.5) is 0 Å². The third-order valence-electron chi connectivity index (χ3n) is 2.52. The maximum atomic E-state index is 5.63. The van der Waals surface area contributed by atoms with E-state index in [0.29, 0.717) is 12.1 Å². The lowest BCUT2D eigenvalue weighted by molar-refractivity contribution is 0.417. The first-order valence-corrected chi connectivity index (χ1v) is 6.16. The summed E-state index contributed by atoms with van der Waals surface area (Å²) in [6.45, 7) is 10.4. The van der Waals surface area contributed by atoms with Crippen molar-refractivity contribution in [2.45, 2.75) is 52.7 Å². The molecule has 0 aromatic carbocycles. The smallest absolute Gasteiger partial charge is 0.117 e. The highest BCUT2D eigenvalue weighted by atomic mass is 16.3. The predicted octanol–water partition coefficient (Wildman–Crippen LogP) is 2.32. The van der Waals surface area contributed by atoms with Gasteiger partial charge in [-0.3, -0.25) is 0 Å². The maximum absolute atomic E-state index is 5.63. The summed E-state index contributed by atoms with van der Waals surface area (Å²) in [5.41, 5.74) is 0. The highest BCUT2D eigenvalue weighted by Gasteiger charge is 2.04. The number of nitrogens with one attached hydrogen (secondary N) is 2. The van der Waals surface area contributed by atoms with Crippen molar-refractivity contribution in [3.05, 3.63) is 23.7 Å². The first-order chi connectivity index (χ1) is 7.61. The van der Waals surface area contributed by atoms with Crippen LogP contribution in [-0.2, 0) is 13.0 Å². The molecule has 2 N–H and O–H groups in total. The molecule has 1 heterocycles. The number of hydrogen-bond donors (Lipinski definition) is 2. The van der Waals surface area contributed by atoms with Gasteiger partial charge in [-0.1, -0.05) is 20.8 Å². The Hall–Kier alpha value is -0.800. The van der Waals surface area contributed by atoms with Crippen molar-refractivity contribution in [3.8, 4) is 0 Å². The van der Waals surface area contributed by atoms with Gasteiger partial charge >= 0.3 is 0 Å². The van der Waals surface area contributed by atoms with Crippen LogP contribution in [0.15, 0.2) is 16.5 Å². The zero-order valence-electron chi connectivity index (χ0n) is 10.8. The summed E-state index contributed by atoms with van der Waals surface area (Å²) in [7, 11) is 0. The minimum Gasteiger partial charge on any atom is -0.465 e. The van der Waals surface area contributed by atoms with Gasteiger partial charge in [0.1, 0.15) is 11.5 Å². The molecule has 16 heavy (non-hydrogen) atoms. The van der Waals surface area contributed by atoms with E-state index in [9.17, 15) is 0 Å². The standard InChI is InChI=1S/C13H24N2O/c1-5-12-6-7-13(16-12)9-15-11(4)8-14-10(2)3/h6-7,10-11,14-15H,5,8-9H2,1-4H3. The average molecular weight is 224 g/mol. The molecule has 0 aliphatic carbocycles. The minimum atomic E-state index is 0.456. The second-order valence-corrected chi connectivity index (χ2v) is 4.57. The molecule has 1 unspecified atom stereocenters. The van der Waals surface area contributed by atoms with Gasteiger partial charge < -0.3 is 15.1 Å². The van der Waals surface area contributed by atoms with Crippen molar-refractivity contribution < 1.29 is 4.42 Å². The van der Waals surface area contributed by atoms with E-state index >= 15 is 0 Å². The first kappa shape index (κ1) is 13.3. The summed E-state index contributed by atoms with van der Waals surface area (Å²) in [5.74, 6) is 2.08. The molecule has 0 radical (unpaired) electrons. The van der Waals surface area contributed by atoms with E-state index in [1.54, 1.807) is 0 Å². The van der Waals surface area contributed by atoms with Crippen molar-refractivity contribution >= 4 is 0 Å². The summed E-state index contributed by atoms with van der Waals surface area (Å²) in [4.78, 5) is 0. The van der Waals surface area contributed by atoms with Crippen molar-refractivity contribution in [1.29, 1.82) is 0 Å². The van der Waals surface area contributed by atoms with Gasteiger partial charge in [-0.25, -0.2) is 0 Å². The van der Waals surface area contributed by atoms with Crippen LogP contribution in [0, 0.1) is 0 Å². The summed E-state index contributed by atoms with van der Waals surface area (Å²) in [5, 5.41) is 6.84. The first-order valence-electron chi connectivity index (χ1n) is 6.16. The van der Waals surface area contributed by atoms with Gasteiger partial charge in [-0.15, -0.1) is 0 Å². The molecule has 0 aliphatic heterocycles. The largest absolute Gasteiger partial charge is 0.465 e. The summed E-state index contributed by atoms with van der Waals surface area (Å²) in [6, 6.07) is 5.10. The fourth-order valence-corrected chi connectivity index (χ4v) is 1.47. The Kier molecular flexibility index (Phi) is 5.56. The Balaban J connectivity index is 2.23. The summed E-state index contributed by atoms with van der Waals surface area (Å²) in [6.07, 6.45) is 0.963. The number of furan rings is 1. The zero-order chi connectivity index (χ0) is 12.0. The van der Waals surface area contributed by atoms with Crippen molar-refractivity contribution in [3.63, 3.8) is 0 Å². The number of hydrogen-bond acceptors (Lipinski definition) is 3. The lowest BCUT2D eigenvalue weighted by atomic mass is 10.3. The zero-order valence-corrected chi connectivity index (χ0v) is 10.8. The van der Waals surface area contributed by atoms with Gasteiger partial charge in [0, 0.05) is 25.0 Å². The lowest BCUT2D eigenvalue weighted by Gasteiger charge is -2.15. The predicted molar refractivity (Wildman–Crippen MR) is 67.5 cm³/mol. The quantitative estimate of drug-likeness (QED) is 0.746. The Morgan fingerprint density at radius 2 is 1.81 bits per heavy atom. The SMILES string of the molecule is CCc1ccc(CNC(C)CNC(C)C)o1. The molecule has 0 saturated heterocycles. The molecule has 3 heteroatoms. The molecule has 0 bridgehead atoms. The van der Waals surface area contributed by atoms with E-state index in [-0.39, 0.29) is 0 Å². The van der Waals surface area contributed by atoms with E-state index < -0.39 is 0 Å². The van der Waals surface area contributed by atoms with Crippen LogP contribution in [-0.4, -0.2) is 18.6 Å². The van der Waals surface area contributed by atoms with E-state index in [1.165, 1.54) is 0 Å². The van der Waals surface area contributed by atoms with Gasteiger partial charge in [0.25, 0.3) is 0 Å². The van der Waals surface area contributed by atoms with Crippen LogP contribution < -0.4 is 10.6 Å². The normalized spacial score (nSPS) is 13.3. The van der Waals surface area contributed by atoms with Crippen molar-refractivity contribution in [2.75, 3.05) is 6.54 Å². The molecule has 3 nitrogen and oxygen atoms in total. The molecular weight excluding hydrogens is 200 g/mol. The van der Waals surface area contributed by atoms with E-state index in [0.717, 1.165) is 31.0 Å². The van der Waals surface area contributed by atoms with Crippen LogP contribution in [0.2, 0.25) is 0 Å². The van der Waals surface area contributed by atoms with Crippen LogP contribution in [0.3, 0.4) is 0 Å². The lowest BCUT2D eigenvalue weighted by Crippen LogP contribution is -2.38. The van der Waals surface area contributed by atoms with Gasteiger partial charge in [-0.05, 0) is 19.1 Å². The highest BCUT2D eigenvalue weighted by molar-refractivity contribution is 5.06. The average Bonchev–Trinajstić information content (AvgIpc) is 2.71. The summed E-state index contributed by atoms with van der Waals surface area (Å²) < 4.78 is 5.63. The molecule has 1 aromatic rings. The van der Waals surface area contributed by atoms with Crippen LogP contribution in [0.25, 0.3) is 0 Å². The fourth-order valence-electron chi connectivity index (χ4n) is 1.47. The van der Waals surface area contributed by atoms with Gasteiger partial charge in [0.2, 0.25) is 0 Å². The molecule has 0 fully saturated rings. The molecule has 0 amide bonds. The topological polar surface area (TPSA) is 37.2 Å². The molecule has 1 atom stereocenters. The third kappa shape index (κ3) is 4.81. The minimum absolute atomic E-state index is 0.456. The maximum Gasteiger partial charge on any atom is 0.117 e. The van der Waals surface area contributed by atoms with E-state index in [2.05, 4.69) is 44.4 Å². The Morgan fingerprint density at radius 3 is 2.38 bits per heavy atom. The van der Waals surface area contributed by atoms with Gasteiger partial charge in [-0.2, -0.15) is 0 Å². The fraction of sp³-hybridized carbons (Fsp3) is 0.692. The molecule has 0 aliphatic rings. The monoisotopic (exact) mass is 224 g/mol. The number of aryl methyl sites for hydroxylation is 1. The van der Waals surface area contributed by atoms with Crippen LogP contribution in [0.5, 0.6) is 0 Å². The van der Waals surface area contributed by atoms with Crippen molar-refractivity contribution in [2.24, 2.45) is 0 Å². The van der Waals surface area contributed by atoms with Crippen LogP contribution >= 0.6 is 0 Å². The molecule has 0 spiro atoms. The van der Waals surface area contributed by atoms with E-state index in [4.69, 9.17) is 4.42 Å². The molecule has 0 saturated carbocycles. The molecule has 1 aromatic heterocycles. The van der Waals surface area contributed by atoms with E-state index in [1.807, 2.05) is 6.07 Å². The Bertz CT molecular complexity index is 294. The Morgan fingerprint density at radius 1 is 1.12 bits per heavy atom. The Labute approximate surface area is 98.6 Å². The second kappa shape index (κ2) is 6.71. The highest BCUT2D eigenvalue weighted by Crippen LogP contribution is 2.07. The molecule has 92 valence electrons. The van der Waals surface area contributed by atoms with Crippen LogP contribution in [0.1, 0.15) is 39.2 Å². The third-order valence-corrected chi connectivity index (χ3v) is 2.52.